The topological polar surface area (TPSA) is 85.6 Å². The predicted octanol–water partition coefficient (Wildman–Crippen LogP) is 3.12. The fraction of sp³-hybridized carbons (Fsp3) is 0.412. The molecule has 7 nitrogen and oxygen atoms in total. The van der Waals surface area contributed by atoms with Crippen LogP contribution in [0.25, 0.3) is 16.2 Å². The maximum atomic E-state index is 12.3. The van der Waals surface area contributed by atoms with E-state index in [1.807, 2.05) is 30.5 Å². The number of hydrogen-bond acceptors (Lipinski definition) is 7. The molecule has 0 spiro atoms. The SMILES string of the molecule is CS(=O)(=O)C1(CNc2nn3cc(-c4ccc(Cl)cc4)nc3s2)CCOCC1. The van der Waals surface area contributed by atoms with Crippen LogP contribution in [-0.2, 0) is 14.6 Å². The van der Waals surface area contributed by atoms with Crippen molar-refractivity contribution in [2.24, 2.45) is 0 Å². The maximum Gasteiger partial charge on any atom is 0.214 e. The van der Waals surface area contributed by atoms with Crippen LogP contribution < -0.4 is 5.32 Å². The number of anilines is 1. The first-order chi connectivity index (χ1) is 12.9. The molecule has 144 valence electrons. The van der Waals surface area contributed by atoms with Crippen molar-refractivity contribution < 1.29 is 13.2 Å². The number of nitrogens with one attached hydrogen (secondary N) is 1. The molecule has 0 amide bonds. The summed E-state index contributed by atoms with van der Waals surface area (Å²) in [7, 11) is -3.22. The minimum atomic E-state index is -3.22. The Balaban J connectivity index is 1.53. The molecule has 0 saturated carbocycles. The summed E-state index contributed by atoms with van der Waals surface area (Å²) in [5.41, 5.74) is 1.78. The zero-order chi connectivity index (χ0) is 19.1. The Bertz CT molecular complexity index is 1020. The fourth-order valence-electron chi connectivity index (χ4n) is 3.19. The first kappa shape index (κ1) is 18.7. The molecule has 4 rings (SSSR count). The summed E-state index contributed by atoms with van der Waals surface area (Å²) in [5.74, 6) is 0. The summed E-state index contributed by atoms with van der Waals surface area (Å²) in [6.07, 6.45) is 4.12. The van der Waals surface area contributed by atoms with Crippen LogP contribution in [0.2, 0.25) is 5.02 Å². The first-order valence-corrected chi connectivity index (χ1v) is 11.6. The van der Waals surface area contributed by atoms with Crippen molar-refractivity contribution in [3.05, 3.63) is 35.5 Å². The summed E-state index contributed by atoms with van der Waals surface area (Å²) >= 11 is 7.32. The summed E-state index contributed by atoms with van der Waals surface area (Å²) in [6.45, 7) is 1.23. The molecule has 10 heteroatoms. The summed E-state index contributed by atoms with van der Waals surface area (Å²) in [6, 6.07) is 7.47. The number of imidazole rings is 1. The predicted molar refractivity (Wildman–Crippen MR) is 107 cm³/mol. The molecule has 1 aliphatic heterocycles. The van der Waals surface area contributed by atoms with Gasteiger partial charge < -0.3 is 10.1 Å². The quantitative estimate of drug-likeness (QED) is 0.674. The Hall–Kier alpha value is -1.68. The van der Waals surface area contributed by atoms with Crippen molar-refractivity contribution in [3.63, 3.8) is 0 Å². The molecule has 0 radical (unpaired) electrons. The number of ether oxygens (including phenoxy) is 1. The fourth-order valence-corrected chi connectivity index (χ4v) is 5.34. The molecule has 0 bridgehead atoms. The third-order valence-electron chi connectivity index (χ3n) is 4.94. The lowest BCUT2D eigenvalue weighted by Gasteiger charge is -2.35. The molecule has 27 heavy (non-hydrogen) atoms. The van der Waals surface area contributed by atoms with Crippen LogP contribution in [0.4, 0.5) is 5.13 Å². The van der Waals surface area contributed by atoms with Gasteiger partial charge in [-0.05, 0) is 25.0 Å². The van der Waals surface area contributed by atoms with E-state index in [4.69, 9.17) is 16.3 Å². The van der Waals surface area contributed by atoms with Gasteiger partial charge in [-0.3, -0.25) is 0 Å². The second kappa shape index (κ2) is 7.05. The van der Waals surface area contributed by atoms with Gasteiger partial charge in [0.1, 0.15) is 0 Å². The minimum absolute atomic E-state index is 0.315. The van der Waals surface area contributed by atoms with E-state index in [9.17, 15) is 8.42 Å². The van der Waals surface area contributed by atoms with Crippen LogP contribution >= 0.6 is 22.9 Å². The van der Waals surface area contributed by atoms with Crippen molar-refractivity contribution in [2.75, 3.05) is 31.3 Å². The van der Waals surface area contributed by atoms with Gasteiger partial charge in [0.25, 0.3) is 0 Å². The third kappa shape index (κ3) is 3.69. The highest BCUT2D eigenvalue weighted by Gasteiger charge is 2.42. The number of rotatable bonds is 5. The van der Waals surface area contributed by atoms with E-state index >= 15 is 0 Å². The van der Waals surface area contributed by atoms with Crippen molar-refractivity contribution in [2.45, 2.75) is 17.6 Å². The molecule has 1 fully saturated rings. The largest absolute Gasteiger partial charge is 0.381 e. The van der Waals surface area contributed by atoms with E-state index in [2.05, 4.69) is 15.4 Å². The van der Waals surface area contributed by atoms with Crippen LogP contribution in [0, 0.1) is 0 Å². The molecule has 1 aliphatic rings. The lowest BCUT2D eigenvalue weighted by molar-refractivity contribution is 0.0777. The Morgan fingerprint density at radius 3 is 2.63 bits per heavy atom. The Morgan fingerprint density at radius 2 is 2.00 bits per heavy atom. The minimum Gasteiger partial charge on any atom is -0.381 e. The van der Waals surface area contributed by atoms with Gasteiger partial charge >= 0.3 is 0 Å². The number of hydrogen-bond donors (Lipinski definition) is 1. The molecule has 0 atom stereocenters. The van der Waals surface area contributed by atoms with Crippen LogP contribution in [0.15, 0.2) is 30.5 Å². The summed E-state index contributed by atoms with van der Waals surface area (Å²) in [4.78, 5) is 5.33. The second-order valence-corrected chi connectivity index (χ2v) is 10.5. The molecule has 0 aliphatic carbocycles. The maximum absolute atomic E-state index is 12.3. The van der Waals surface area contributed by atoms with E-state index in [-0.39, 0.29) is 0 Å². The van der Waals surface area contributed by atoms with E-state index in [0.717, 1.165) is 16.2 Å². The van der Waals surface area contributed by atoms with Crippen molar-refractivity contribution in [1.29, 1.82) is 0 Å². The van der Waals surface area contributed by atoms with Crippen LogP contribution in [0.3, 0.4) is 0 Å². The summed E-state index contributed by atoms with van der Waals surface area (Å²) < 4.78 is 30.9. The standard InChI is InChI=1S/C17H19ClN4O3S2/c1-27(23,24)17(6-8-25-9-7-17)11-19-15-21-22-10-14(20-16(22)26-15)12-2-4-13(18)5-3-12/h2-5,10H,6-9,11H2,1H3,(H,19,21). The third-order valence-corrected chi connectivity index (χ3v) is 8.19. The van der Waals surface area contributed by atoms with Gasteiger partial charge in [0.15, 0.2) is 9.84 Å². The van der Waals surface area contributed by atoms with Crippen molar-refractivity contribution >= 4 is 42.9 Å². The lowest BCUT2D eigenvalue weighted by atomic mass is 9.99. The highest BCUT2D eigenvalue weighted by molar-refractivity contribution is 7.92. The van der Waals surface area contributed by atoms with Gasteiger partial charge in [-0.2, -0.15) is 0 Å². The summed E-state index contributed by atoms with van der Waals surface area (Å²) in [5, 5.41) is 9.01. The van der Waals surface area contributed by atoms with E-state index in [1.54, 1.807) is 4.52 Å². The highest BCUT2D eigenvalue weighted by Crippen LogP contribution is 2.31. The highest BCUT2D eigenvalue weighted by atomic mass is 35.5. The Morgan fingerprint density at radius 1 is 1.30 bits per heavy atom. The molecule has 1 N–H and O–H groups in total. The van der Waals surface area contributed by atoms with Crippen LogP contribution in [0.5, 0.6) is 0 Å². The normalized spacial score (nSPS) is 17.3. The average molecular weight is 427 g/mol. The van der Waals surface area contributed by atoms with E-state index in [0.29, 0.717) is 42.8 Å². The van der Waals surface area contributed by atoms with Gasteiger partial charge in [0.05, 0.1) is 16.6 Å². The zero-order valence-corrected chi connectivity index (χ0v) is 17.1. The van der Waals surface area contributed by atoms with Crippen molar-refractivity contribution in [1.82, 2.24) is 14.6 Å². The van der Waals surface area contributed by atoms with Gasteiger partial charge in [-0.15, -0.1) is 5.10 Å². The molecular formula is C17H19ClN4O3S2. The lowest BCUT2D eigenvalue weighted by Crippen LogP contribution is -2.48. The molecule has 2 aromatic heterocycles. The molecule has 0 unspecified atom stereocenters. The number of halogens is 1. The van der Waals surface area contributed by atoms with Gasteiger partial charge in [-0.25, -0.2) is 17.9 Å². The number of fused-ring (bicyclic) bond motifs is 1. The van der Waals surface area contributed by atoms with Gasteiger partial charge in [0, 0.05) is 36.6 Å². The number of nitrogens with zero attached hydrogens (tertiary/aromatic N) is 3. The van der Waals surface area contributed by atoms with Gasteiger partial charge in [-0.1, -0.05) is 35.1 Å². The number of benzene rings is 1. The van der Waals surface area contributed by atoms with E-state index < -0.39 is 14.6 Å². The zero-order valence-electron chi connectivity index (χ0n) is 14.7. The Kier molecular flexibility index (Phi) is 4.87. The van der Waals surface area contributed by atoms with Gasteiger partial charge in [0.2, 0.25) is 10.1 Å². The molecule has 3 aromatic rings. The molecule has 1 aromatic carbocycles. The van der Waals surface area contributed by atoms with Crippen molar-refractivity contribution in [3.8, 4) is 11.3 Å². The average Bonchev–Trinajstić information content (AvgIpc) is 3.19. The number of sulfone groups is 1. The molecule has 1 saturated heterocycles. The first-order valence-electron chi connectivity index (χ1n) is 8.50. The smallest absolute Gasteiger partial charge is 0.214 e. The molecular weight excluding hydrogens is 408 g/mol. The number of aromatic nitrogens is 3. The second-order valence-electron chi connectivity index (χ2n) is 6.69. The Labute approximate surface area is 166 Å². The van der Waals surface area contributed by atoms with Crippen LogP contribution in [-0.4, -0.2) is 53.8 Å². The molecule has 3 heterocycles. The van der Waals surface area contributed by atoms with Crippen LogP contribution in [0.1, 0.15) is 12.8 Å². The monoisotopic (exact) mass is 426 g/mol. The van der Waals surface area contributed by atoms with E-state index in [1.165, 1.54) is 17.6 Å².